The number of aryl methyl sites for hydroxylation is 1. The van der Waals surface area contributed by atoms with Gasteiger partial charge in [0.1, 0.15) is 6.04 Å². The smallest absolute Gasteiger partial charge is 0.247 e. The number of carbonyl (C=O) groups excluding carboxylic acids is 1. The Kier molecular flexibility index (Phi) is 4.95. The van der Waals surface area contributed by atoms with Gasteiger partial charge < -0.3 is 4.90 Å². The molecule has 1 unspecified atom stereocenters. The number of carbonyl (C=O) groups is 1. The molecule has 1 saturated heterocycles. The molecule has 0 aromatic carbocycles. The maximum atomic E-state index is 12.6. The lowest BCUT2D eigenvalue weighted by Crippen LogP contribution is -2.39. The highest BCUT2D eigenvalue weighted by molar-refractivity contribution is 5.80. The monoisotopic (exact) mass is 276 g/mol. The SMILES string of the molecule is C=CCN1CCCN(C(=O)C(C)n2nccc2C)CC1. The molecule has 1 amide bonds. The highest BCUT2D eigenvalue weighted by atomic mass is 16.2. The maximum absolute atomic E-state index is 12.6. The molecule has 0 saturated carbocycles. The van der Waals surface area contributed by atoms with E-state index in [1.54, 1.807) is 10.9 Å². The van der Waals surface area contributed by atoms with E-state index in [1.165, 1.54) is 0 Å². The van der Waals surface area contributed by atoms with Crippen LogP contribution in [0.2, 0.25) is 0 Å². The van der Waals surface area contributed by atoms with E-state index in [0.717, 1.165) is 44.8 Å². The fourth-order valence-corrected chi connectivity index (χ4v) is 2.71. The molecular weight excluding hydrogens is 252 g/mol. The Morgan fingerprint density at radius 3 is 2.90 bits per heavy atom. The summed E-state index contributed by atoms with van der Waals surface area (Å²) in [6.07, 6.45) is 4.69. The molecule has 0 radical (unpaired) electrons. The van der Waals surface area contributed by atoms with Crippen LogP contribution in [0.1, 0.15) is 25.1 Å². The summed E-state index contributed by atoms with van der Waals surface area (Å²) in [5.74, 6) is 0.164. The second-order valence-electron chi connectivity index (χ2n) is 5.36. The van der Waals surface area contributed by atoms with Crippen molar-refractivity contribution in [1.29, 1.82) is 0 Å². The van der Waals surface area contributed by atoms with Crippen molar-refractivity contribution in [2.24, 2.45) is 0 Å². The minimum absolute atomic E-state index is 0.164. The zero-order valence-corrected chi connectivity index (χ0v) is 12.5. The summed E-state index contributed by atoms with van der Waals surface area (Å²) >= 11 is 0. The molecule has 1 fully saturated rings. The summed E-state index contributed by atoms with van der Waals surface area (Å²) in [4.78, 5) is 16.9. The van der Waals surface area contributed by atoms with Gasteiger partial charge in [0.05, 0.1) is 0 Å². The molecule has 1 aromatic heterocycles. The van der Waals surface area contributed by atoms with E-state index in [4.69, 9.17) is 0 Å². The highest BCUT2D eigenvalue weighted by Gasteiger charge is 2.25. The van der Waals surface area contributed by atoms with Crippen molar-refractivity contribution >= 4 is 5.91 Å². The summed E-state index contributed by atoms with van der Waals surface area (Å²) in [6.45, 7) is 12.2. The van der Waals surface area contributed by atoms with Crippen LogP contribution in [0.3, 0.4) is 0 Å². The number of nitrogens with zero attached hydrogens (tertiary/aromatic N) is 4. The van der Waals surface area contributed by atoms with Gasteiger partial charge in [-0.05, 0) is 26.3 Å². The van der Waals surface area contributed by atoms with Crippen LogP contribution in [0.15, 0.2) is 24.9 Å². The van der Waals surface area contributed by atoms with Gasteiger partial charge in [0.2, 0.25) is 5.91 Å². The summed E-state index contributed by atoms with van der Waals surface area (Å²) < 4.78 is 1.80. The first-order valence-corrected chi connectivity index (χ1v) is 7.25. The van der Waals surface area contributed by atoms with Gasteiger partial charge in [0, 0.05) is 44.6 Å². The molecule has 1 aromatic rings. The maximum Gasteiger partial charge on any atom is 0.247 e. The predicted molar refractivity (Wildman–Crippen MR) is 79.5 cm³/mol. The Bertz CT molecular complexity index is 468. The summed E-state index contributed by atoms with van der Waals surface area (Å²) in [5.41, 5.74) is 1.02. The van der Waals surface area contributed by atoms with Gasteiger partial charge in [0.25, 0.3) is 0 Å². The molecule has 1 atom stereocenters. The van der Waals surface area contributed by atoms with Crippen molar-refractivity contribution in [2.75, 3.05) is 32.7 Å². The Balaban J connectivity index is 1.99. The van der Waals surface area contributed by atoms with Crippen LogP contribution < -0.4 is 0 Å². The van der Waals surface area contributed by atoms with E-state index in [1.807, 2.05) is 30.9 Å². The van der Waals surface area contributed by atoms with Crippen LogP contribution in [0, 0.1) is 6.92 Å². The molecule has 2 heterocycles. The molecule has 5 heteroatoms. The predicted octanol–water partition coefficient (Wildman–Crippen LogP) is 1.47. The molecule has 0 N–H and O–H groups in total. The molecule has 0 bridgehead atoms. The Labute approximate surface area is 120 Å². The van der Waals surface area contributed by atoms with Gasteiger partial charge >= 0.3 is 0 Å². The molecule has 20 heavy (non-hydrogen) atoms. The molecule has 5 nitrogen and oxygen atoms in total. The molecule has 0 aliphatic carbocycles. The van der Waals surface area contributed by atoms with Crippen molar-refractivity contribution in [3.05, 3.63) is 30.6 Å². The Morgan fingerprint density at radius 2 is 2.25 bits per heavy atom. The quantitative estimate of drug-likeness (QED) is 0.782. The summed E-state index contributed by atoms with van der Waals surface area (Å²) in [7, 11) is 0. The van der Waals surface area contributed by atoms with Crippen LogP contribution >= 0.6 is 0 Å². The molecular formula is C15H24N4O. The van der Waals surface area contributed by atoms with E-state index in [2.05, 4.69) is 16.6 Å². The molecule has 110 valence electrons. The third-order valence-corrected chi connectivity index (χ3v) is 3.88. The van der Waals surface area contributed by atoms with Crippen LogP contribution in [0.25, 0.3) is 0 Å². The van der Waals surface area contributed by atoms with E-state index in [-0.39, 0.29) is 11.9 Å². The summed E-state index contributed by atoms with van der Waals surface area (Å²) in [5, 5.41) is 4.24. The standard InChI is InChI=1S/C15H24N4O/c1-4-8-17-9-5-10-18(12-11-17)15(20)14(3)19-13(2)6-7-16-19/h4,6-7,14H,1,5,8-12H2,2-3H3. The lowest BCUT2D eigenvalue weighted by molar-refractivity contribution is -0.134. The first-order valence-electron chi connectivity index (χ1n) is 7.25. The van der Waals surface area contributed by atoms with Crippen molar-refractivity contribution in [1.82, 2.24) is 19.6 Å². The van der Waals surface area contributed by atoms with E-state index < -0.39 is 0 Å². The first kappa shape index (κ1) is 14.8. The number of amides is 1. The topological polar surface area (TPSA) is 41.4 Å². The zero-order valence-electron chi connectivity index (χ0n) is 12.5. The fraction of sp³-hybridized carbons (Fsp3) is 0.600. The van der Waals surface area contributed by atoms with Gasteiger partial charge in [-0.3, -0.25) is 14.4 Å². The molecule has 1 aliphatic rings. The van der Waals surface area contributed by atoms with Gasteiger partial charge in [-0.2, -0.15) is 5.10 Å². The first-order chi connectivity index (χ1) is 9.63. The number of hydrogen-bond donors (Lipinski definition) is 0. The molecule has 2 rings (SSSR count). The minimum atomic E-state index is -0.226. The summed E-state index contributed by atoms with van der Waals surface area (Å²) in [6, 6.07) is 1.70. The average Bonchev–Trinajstić information content (AvgIpc) is 2.72. The van der Waals surface area contributed by atoms with Crippen LogP contribution in [-0.4, -0.2) is 58.2 Å². The van der Waals surface area contributed by atoms with Crippen molar-refractivity contribution in [2.45, 2.75) is 26.3 Å². The van der Waals surface area contributed by atoms with Crippen molar-refractivity contribution < 1.29 is 4.79 Å². The third-order valence-electron chi connectivity index (χ3n) is 3.88. The Morgan fingerprint density at radius 1 is 1.45 bits per heavy atom. The number of hydrogen-bond acceptors (Lipinski definition) is 3. The van der Waals surface area contributed by atoms with Gasteiger partial charge in [-0.25, -0.2) is 0 Å². The molecule has 1 aliphatic heterocycles. The van der Waals surface area contributed by atoms with Crippen LogP contribution in [0.4, 0.5) is 0 Å². The number of rotatable bonds is 4. The van der Waals surface area contributed by atoms with Crippen LogP contribution in [0.5, 0.6) is 0 Å². The number of aromatic nitrogens is 2. The van der Waals surface area contributed by atoms with Crippen LogP contribution in [-0.2, 0) is 4.79 Å². The van der Waals surface area contributed by atoms with Crippen molar-refractivity contribution in [3.8, 4) is 0 Å². The normalized spacial score (nSPS) is 18.6. The fourth-order valence-electron chi connectivity index (χ4n) is 2.71. The second-order valence-corrected chi connectivity index (χ2v) is 5.36. The van der Waals surface area contributed by atoms with E-state index >= 15 is 0 Å². The second kappa shape index (κ2) is 6.70. The minimum Gasteiger partial charge on any atom is -0.340 e. The lowest BCUT2D eigenvalue weighted by Gasteiger charge is -2.25. The van der Waals surface area contributed by atoms with Gasteiger partial charge in [0.15, 0.2) is 0 Å². The lowest BCUT2D eigenvalue weighted by atomic mass is 10.2. The van der Waals surface area contributed by atoms with Gasteiger partial charge in [-0.1, -0.05) is 6.08 Å². The highest BCUT2D eigenvalue weighted by Crippen LogP contribution is 2.14. The largest absolute Gasteiger partial charge is 0.340 e. The van der Waals surface area contributed by atoms with E-state index in [0.29, 0.717) is 0 Å². The van der Waals surface area contributed by atoms with Gasteiger partial charge in [-0.15, -0.1) is 6.58 Å². The van der Waals surface area contributed by atoms with E-state index in [9.17, 15) is 4.79 Å². The zero-order chi connectivity index (χ0) is 14.5. The average molecular weight is 276 g/mol. The van der Waals surface area contributed by atoms with Crippen molar-refractivity contribution in [3.63, 3.8) is 0 Å². The third kappa shape index (κ3) is 3.28. The Hall–Kier alpha value is -1.62. The molecule has 0 spiro atoms.